The van der Waals surface area contributed by atoms with Crippen molar-refractivity contribution in [3.05, 3.63) is 30.1 Å². The third-order valence-electron chi connectivity index (χ3n) is 6.51. The lowest BCUT2D eigenvalue weighted by Gasteiger charge is -2.40. The molecular formula is C20H29N3O. The minimum absolute atomic E-state index is 0.266. The van der Waals surface area contributed by atoms with Gasteiger partial charge in [0.25, 0.3) is 0 Å². The van der Waals surface area contributed by atoms with Gasteiger partial charge in [0.2, 0.25) is 5.91 Å². The van der Waals surface area contributed by atoms with Crippen LogP contribution in [0.3, 0.4) is 0 Å². The first-order valence-electron chi connectivity index (χ1n) is 9.62. The van der Waals surface area contributed by atoms with Crippen molar-refractivity contribution in [3.63, 3.8) is 0 Å². The van der Waals surface area contributed by atoms with E-state index in [0.29, 0.717) is 11.8 Å². The molecule has 4 rings (SSSR count). The summed E-state index contributed by atoms with van der Waals surface area (Å²) in [4.78, 5) is 21.4. The molecular weight excluding hydrogens is 298 g/mol. The Balaban J connectivity index is 1.26. The monoisotopic (exact) mass is 327 g/mol. The molecule has 4 heteroatoms. The molecule has 0 radical (unpaired) electrons. The smallest absolute Gasteiger partial charge is 0.227 e. The van der Waals surface area contributed by atoms with Gasteiger partial charge in [-0.2, -0.15) is 0 Å². The SMILES string of the molecule is O=C(Cc1cccnc1)N1CCC2(CCN(CC3CCC3)C2)CC1. The molecule has 0 aromatic carbocycles. The number of piperidine rings is 1. The molecule has 3 aliphatic rings. The molecule has 24 heavy (non-hydrogen) atoms. The van der Waals surface area contributed by atoms with Crippen molar-refractivity contribution < 1.29 is 4.79 Å². The van der Waals surface area contributed by atoms with Crippen molar-refractivity contribution in [1.82, 2.24) is 14.8 Å². The molecule has 1 amide bonds. The number of rotatable bonds is 4. The lowest BCUT2D eigenvalue weighted by Crippen LogP contribution is -2.45. The Kier molecular flexibility index (Phi) is 4.57. The lowest BCUT2D eigenvalue weighted by atomic mass is 9.77. The van der Waals surface area contributed by atoms with Crippen LogP contribution in [-0.4, -0.2) is 53.4 Å². The van der Waals surface area contributed by atoms with Crippen LogP contribution in [0.2, 0.25) is 0 Å². The fourth-order valence-electron chi connectivity index (χ4n) is 4.65. The van der Waals surface area contributed by atoms with E-state index in [-0.39, 0.29) is 5.91 Å². The molecule has 4 nitrogen and oxygen atoms in total. The third kappa shape index (κ3) is 3.49. The van der Waals surface area contributed by atoms with Crippen LogP contribution in [0.1, 0.15) is 44.1 Å². The second-order valence-electron chi connectivity index (χ2n) is 8.20. The van der Waals surface area contributed by atoms with Gasteiger partial charge in [0, 0.05) is 38.6 Å². The largest absolute Gasteiger partial charge is 0.342 e. The summed E-state index contributed by atoms with van der Waals surface area (Å²) in [7, 11) is 0. The fraction of sp³-hybridized carbons (Fsp3) is 0.700. The number of carbonyl (C=O) groups is 1. The average Bonchev–Trinajstić information content (AvgIpc) is 2.95. The molecule has 0 unspecified atom stereocenters. The highest BCUT2D eigenvalue weighted by molar-refractivity contribution is 5.78. The van der Waals surface area contributed by atoms with Gasteiger partial charge in [-0.05, 0) is 61.6 Å². The van der Waals surface area contributed by atoms with Gasteiger partial charge in [-0.25, -0.2) is 0 Å². The Labute approximate surface area is 145 Å². The maximum absolute atomic E-state index is 12.5. The van der Waals surface area contributed by atoms with Gasteiger partial charge >= 0.3 is 0 Å². The van der Waals surface area contributed by atoms with E-state index in [1.54, 1.807) is 12.4 Å². The zero-order chi connectivity index (χ0) is 16.4. The summed E-state index contributed by atoms with van der Waals surface area (Å²) in [5, 5.41) is 0. The van der Waals surface area contributed by atoms with E-state index < -0.39 is 0 Å². The molecule has 1 saturated carbocycles. The van der Waals surface area contributed by atoms with Gasteiger partial charge in [0.1, 0.15) is 0 Å². The van der Waals surface area contributed by atoms with Crippen LogP contribution in [0, 0.1) is 11.3 Å². The molecule has 3 heterocycles. The number of hydrogen-bond donors (Lipinski definition) is 0. The summed E-state index contributed by atoms with van der Waals surface area (Å²) in [5.74, 6) is 1.24. The number of hydrogen-bond acceptors (Lipinski definition) is 3. The van der Waals surface area contributed by atoms with Crippen LogP contribution in [-0.2, 0) is 11.2 Å². The Bertz CT molecular complexity index is 562. The zero-order valence-electron chi connectivity index (χ0n) is 14.6. The summed E-state index contributed by atoms with van der Waals surface area (Å²) >= 11 is 0. The van der Waals surface area contributed by atoms with Gasteiger partial charge < -0.3 is 9.80 Å². The average molecular weight is 327 g/mol. The van der Waals surface area contributed by atoms with Gasteiger partial charge in [0.05, 0.1) is 6.42 Å². The number of nitrogens with zero attached hydrogens (tertiary/aromatic N) is 3. The van der Waals surface area contributed by atoms with E-state index in [1.807, 2.05) is 12.1 Å². The summed E-state index contributed by atoms with van der Waals surface area (Å²) in [6, 6.07) is 3.90. The minimum atomic E-state index is 0.266. The van der Waals surface area contributed by atoms with Crippen LogP contribution in [0.15, 0.2) is 24.5 Å². The first-order valence-corrected chi connectivity index (χ1v) is 9.62. The summed E-state index contributed by atoms with van der Waals surface area (Å²) in [6.45, 7) is 5.76. The first kappa shape index (κ1) is 16.1. The van der Waals surface area contributed by atoms with Crippen LogP contribution in [0.25, 0.3) is 0 Å². The first-order chi connectivity index (χ1) is 11.7. The number of pyridine rings is 1. The minimum Gasteiger partial charge on any atom is -0.342 e. The topological polar surface area (TPSA) is 36.4 Å². The molecule has 0 bridgehead atoms. The standard InChI is InChI=1S/C20H29N3O/c24-19(13-18-5-2-9-21-14-18)23-11-7-20(8-12-23)6-10-22(16-20)15-17-3-1-4-17/h2,5,9,14,17H,1,3-4,6-8,10-13,15-16H2. The third-order valence-corrected chi connectivity index (χ3v) is 6.51. The van der Waals surface area contributed by atoms with Crippen LogP contribution in [0.5, 0.6) is 0 Å². The van der Waals surface area contributed by atoms with Crippen molar-refractivity contribution in [3.8, 4) is 0 Å². The van der Waals surface area contributed by atoms with Gasteiger partial charge in [-0.1, -0.05) is 12.5 Å². The number of carbonyl (C=O) groups excluding carboxylic acids is 1. The van der Waals surface area contributed by atoms with Crippen LogP contribution < -0.4 is 0 Å². The summed E-state index contributed by atoms with van der Waals surface area (Å²) in [5.41, 5.74) is 1.52. The maximum Gasteiger partial charge on any atom is 0.227 e. The van der Waals surface area contributed by atoms with Crippen LogP contribution in [0.4, 0.5) is 0 Å². The highest BCUT2D eigenvalue weighted by Crippen LogP contribution is 2.41. The predicted octanol–water partition coefficient (Wildman–Crippen LogP) is 2.74. The van der Waals surface area contributed by atoms with Crippen molar-refractivity contribution in [2.75, 3.05) is 32.7 Å². The highest BCUT2D eigenvalue weighted by Gasteiger charge is 2.41. The Morgan fingerprint density at radius 1 is 1.21 bits per heavy atom. The second kappa shape index (κ2) is 6.83. The Morgan fingerprint density at radius 3 is 2.67 bits per heavy atom. The van der Waals surface area contributed by atoms with E-state index in [9.17, 15) is 4.79 Å². The number of likely N-dealkylation sites (tertiary alicyclic amines) is 2. The molecule has 1 aromatic rings. The molecule has 3 fully saturated rings. The molecule has 0 atom stereocenters. The quantitative estimate of drug-likeness (QED) is 0.853. The molecule has 1 spiro atoms. The molecule has 130 valence electrons. The van der Waals surface area contributed by atoms with Gasteiger partial charge in [-0.15, -0.1) is 0 Å². The van der Waals surface area contributed by atoms with Crippen molar-refractivity contribution in [2.24, 2.45) is 11.3 Å². The number of aromatic nitrogens is 1. The van der Waals surface area contributed by atoms with E-state index in [2.05, 4.69) is 14.8 Å². The van der Waals surface area contributed by atoms with Gasteiger partial charge in [-0.3, -0.25) is 9.78 Å². The second-order valence-corrected chi connectivity index (χ2v) is 8.20. The molecule has 1 aliphatic carbocycles. The number of amides is 1. The van der Waals surface area contributed by atoms with Crippen molar-refractivity contribution in [2.45, 2.75) is 44.9 Å². The van der Waals surface area contributed by atoms with E-state index in [0.717, 1.165) is 24.6 Å². The normalized spacial score (nSPS) is 24.2. The molecule has 0 N–H and O–H groups in total. The maximum atomic E-state index is 12.5. The van der Waals surface area contributed by atoms with Crippen LogP contribution >= 0.6 is 0 Å². The molecule has 2 saturated heterocycles. The summed E-state index contributed by atoms with van der Waals surface area (Å²) in [6.07, 6.45) is 12.1. The molecule has 1 aromatic heterocycles. The highest BCUT2D eigenvalue weighted by atomic mass is 16.2. The Morgan fingerprint density at radius 2 is 2.00 bits per heavy atom. The van der Waals surface area contributed by atoms with E-state index in [4.69, 9.17) is 0 Å². The van der Waals surface area contributed by atoms with Crippen molar-refractivity contribution in [1.29, 1.82) is 0 Å². The van der Waals surface area contributed by atoms with E-state index in [1.165, 1.54) is 58.2 Å². The molecule has 2 aliphatic heterocycles. The van der Waals surface area contributed by atoms with Gasteiger partial charge in [0.15, 0.2) is 0 Å². The fourth-order valence-corrected chi connectivity index (χ4v) is 4.65. The van der Waals surface area contributed by atoms with E-state index >= 15 is 0 Å². The lowest BCUT2D eigenvalue weighted by molar-refractivity contribution is -0.132. The summed E-state index contributed by atoms with van der Waals surface area (Å²) < 4.78 is 0. The zero-order valence-corrected chi connectivity index (χ0v) is 14.6. The predicted molar refractivity (Wildman–Crippen MR) is 94.6 cm³/mol. The Hall–Kier alpha value is -1.42. The van der Waals surface area contributed by atoms with Crippen molar-refractivity contribution >= 4 is 5.91 Å².